The van der Waals surface area contributed by atoms with Crippen molar-refractivity contribution in [2.24, 2.45) is 0 Å². The molecular weight excluding hydrogens is 336 g/mol. The van der Waals surface area contributed by atoms with Crippen molar-refractivity contribution >= 4 is 21.6 Å². The molecule has 25 heavy (non-hydrogen) atoms. The number of anilines is 1. The minimum absolute atomic E-state index is 0.0745. The van der Waals surface area contributed by atoms with Crippen LogP contribution in [0.25, 0.3) is 0 Å². The largest absolute Gasteiger partial charge is 0.350 e. The maximum absolute atomic E-state index is 12.4. The van der Waals surface area contributed by atoms with Gasteiger partial charge in [-0.3, -0.25) is 9.52 Å². The van der Waals surface area contributed by atoms with Gasteiger partial charge in [-0.1, -0.05) is 37.1 Å². The Kier molecular flexibility index (Phi) is 6.20. The van der Waals surface area contributed by atoms with Crippen LogP contribution in [0.15, 0.2) is 53.4 Å². The second-order valence-corrected chi connectivity index (χ2v) is 7.84. The van der Waals surface area contributed by atoms with Gasteiger partial charge < -0.3 is 5.32 Å². The van der Waals surface area contributed by atoms with Crippen molar-refractivity contribution in [3.05, 3.63) is 59.7 Å². The van der Waals surface area contributed by atoms with Crippen molar-refractivity contribution in [1.29, 1.82) is 0 Å². The highest BCUT2D eigenvalue weighted by molar-refractivity contribution is 7.92. The topological polar surface area (TPSA) is 75.3 Å². The number of hydrogen-bond donors (Lipinski definition) is 2. The molecule has 5 nitrogen and oxygen atoms in total. The molecule has 0 aliphatic heterocycles. The van der Waals surface area contributed by atoms with Gasteiger partial charge in [0, 0.05) is 17.3 Å². The fraction of sp³-hybridized carbons (Fsp3) is 0.316. The van der Waals surface area contributed by atoms with Gasteiger partial charge in [0.05, 0.1) is 4.90 Å². The summed E-state index contributed by atoms with van der Waals surface area (Å²) in [6.45, 7) is 5.90. The van der Waals surface area contributed by atoms with Crippen molar-refractivity contribution < 1.29 is 13.2 Å². The molecule has 0 saturated heterocycles. The zero-order chi connectivity index (χ0) is 18.4. The molecule has 1 amide bonds. The molecule has 0 aliphatic carbocycles. The lowest BCUT2D eigenvalue weighted by Gasteiger charge is -2.14. The zero-order valence-corrected chi connectivity index (χ0v) is 15.6. The molecule has 2 N–H and O–H groups in total. The van der Waals surface area contributed by atoms with Crippen LogP contribution in [0.4, 0.5) is 5.69 Å². The van der Waals surface area contributed by atoms with Crippen molar-refractivity contribution in [2.45, 2.75) is 44.6 Å². The molecule has 0 unspecified atom stereocenters. The molecule has 0 heterocycles. The standard InChI is InChI=1S/C19H24N2O3S/c1-4-6-15(3)20-19(22)16-7-5-8-17(13-16)21-25(23,24)18-11-9-14(2)10-12-18/h5,7-13,15,21H,4,6H2,1-3H3,(H,20,22)/t15-/m0/s1. The van der Waals surface area contributed by atoms with Gasteiger partial charge in [0.25, 0.3) is 15.9 Å². The molecule has 134 valence electrons. The fourth-order valence-corrected chi connectivity index (χ4v) is 3.52. The summed E-state index contributed by atoms with van der Waals surface area (Å²) in [6, 6.07) is 13.2. The van der Waals surface area contributed by atoms with E-state index in [9.17, 15) is 13.2 Å². The maximum Gasteiger partial charge on any atom is 0.261 e. The first-order valence-electron chi connectivity index (χ1n) is 8.32. The van der Waals surface area contributed by atoms with Crippen LogP contribution in [-0.4, -0.2) is 20.4 Å². The summed E-state index contributed by atoms with van der Waals surface area (Å²) in [5.74, 6) is -0.211. The summed E-state index contributed by atoms with van der Waals surface area (Å²) < 4.78 is 27.4. The highest BCUT2D eigenvalue weighted by atomic mass is 32.2. The first-order chi connectivity index (χ1) is 11.8. The van der Waals surface area contributed by atoms with Crippen LogP contribution >= 0.6 is 0 Å². The molecule has 0 bridgehead atoms. The minimum Gasteiger partial charge on any atom is -0.350 e. The SMILES string of the molecule is CCC[C@H](C)NC(=O)c1cccc(NS(=O)(=O)c2ccc(C)cc2)c1. The molecule has 0 fully saturated rings. The van der Waals surface area contributed by atoms with Gasteiger partial charge in [-0.2, -0.15) is 0 Å². The average molecular weight is 360 g/mol. The van der Waals surface area contributed by atoms with Crippen LogP contribution in [0.1, 0.15) is 42.6 Å². The van der Waals surface area contributed by atoms with E-state index in [0.717, 1.165) is 18.4 Å². The van der Waals surface area contributed by atoms with Crippen LogP contribution < -0.4 is 10.0 Å². The number of benzene rings is 2. The normalized spacial score (nSPS) is 12.4. The van der Waals surface area contributed by atoms with E-state index >= 15 is 0 Å². The number of carbonyl (C=O) groups is 1. The van der Waals surface area contributed by atoms with Crippen LogP contribution in [0.3, 0.4) is 0 Å². The lowest BCUT2D eigenvalue weighted by Crippen LogP contribution is -2.32. The van der Waals surface area contributed by atoms with E-state index in [1.165, 1.54) is 0 Å². The average Bonchev–Trinajstić information content (AvgIpc) is 2.55. The second-order valence-electron chi connectivity index (χ2n) is 6.16. The maximum atomic E-state index is 12.4. The van der Waals surface area contributed by atoms with Crippen molar-refractivity contribution in [3.8, 4) is 0 Å². The number of sulfonamides is 1. The molecule has 1 atom stereocenters. The van der Waals surface area contributed by atoms with Crippen molar-refractivity contribution in [3.63, 3.8) is 0 Å². The summed E-state index contributed by atoms with van der Waals surface area (Å²) in [7, 11) is -3.69. The Balaban J connectivity index is 2.15. The highest BCUT2D eigenvalue weighted by Crippen LogP contribution is 2.18. The van der Waals surface area contributed by atoms with Gasteiger partial charge in [-0.25, -0.2) is 8.42 Å². The zero-order valence-electron chi connectivity index (χ0n) is 14.7. The monoisotopic (exact) mass is 360 g/mol. The molecule has 2 aromatic carbocycles. The third kappa shape index (κ3) is 5.32. The number of aryl methyl sites for hydroxylation is 1. The third-order valence-corrected chi connectivity index (χ3v) is 5.20. The first kappa shape index (κ1) is 19.0. The number of amides is 1. The van der Waals surface area contributed by atoms with E-state index in [1.54, 1.807) is 48.5 Å². The van der Waals surface area contributed by atoms with E-state index in [1.807, 2.05) is 13.8 Å². The number of carbonyl (C=O) groups excluding carboxylic acids is 1. The van der Waals surface area contributed by atoms with E-state index < -0.39 is 10.0 Å². The number of rotatable bonds is 7. The van der Waals surface area contributed by atoms with Crippen LogP contribution in [0.2, 0.25) is 0 Å². The van der Waals surface area contributed by atoms with Crippen LogP contribution in [0, 0.1) is 6.92 Å². The molecular formula is C19H24N2O3S. The van der Waals surface area contributed by atoms with E-state index in [2.05, 4.69) is 17.0 Å². The molecule has 0 radical (unpaired) electrons. The second kappa shape index (κ2) is 8.16. The summed E-state index contributed by atoms with van der Waals surface area (Å²) in [6.07, 6.45) is 1.88. The highest BCUT2D eigenvalue weighted by Gasteiger charge is 2.15. The lowest BCUT2D eigenvalue weighted by atomic mass is 10.1. The Morgan fingerprint density at radius 3 is 2.44 bits per heavy atom. The first-order valence-corrected chi connectivity index (χ1v) is 9.80. The number of nitrogens with one attached hydrogen (secondary N) is 2. The van der Waals surface area contributed by atoms with Crippen LogP contribution in [-0.2, 0) is 10.0 Å². The summed E-state index contributed by atoms with van der Waals surface area (Å²) >= 11 is 0. The fourth-order valence-electron chi connectivity index (χ4n) is 2.47. The van der Waals surface area contributed by atoms with Crippen molar-refractivity contribution in [2.75, 3.05) is 4.72 Å². The minimum atomic E-state index is -3.69. The summed E-state index contributed by atoms with van der Waals surface area (Å²) in [4.78, 5) is 12.5. The van der Waals surface area contributed by atoms with E-state index in [4.69, 9.17) is 0 Å². The molecule has 0 spiro atoms. The Morgan fingerprint density at radius 1 is 1.12 bits per heavy atom. The van der Waals surface area contributed by atoms with Crippen molar-refractivity contribution in [1.82, 2.24) is 5.32 Å². The Bertz CT molecular complexity index is 830. The Hall–Kier alpha value is -2.34. The van der Waals surface area contributed by atoms with Gasteiger partial charge in [-0.05, 0) is 50.6 Å². The number of hydrogen-bond acceptors (Lipinski definition) is 3. The third-order valence-electron chi connectivity index (χ3n) is 3.81. The van der Waals surface area contributed by atoms with Crippen LogP contribution in [0.5, 0.6) is 0 Å². The molecule has 0 aliphatic rings. The molecule has 6 heteroatoms. The predicted molar refractivity (Wildman–Crippen MR) is 100 cm³/mol. The van der Waals surface area contributed by atoms with Gasteiger partial charge in [0.2, 0.25) is 0 Å². The van der Waals surface area contributed by atoms with Gasteiger partial charge >= 0.3 is 0 Å². The molecule has 2 rings (SSSR count). The van der Waals surface area contributed by atoms with Gasteiger partial charge in [0.15, 0.2) is 0 Å². The van der Waals surface area contributed by atoms with E-state index in [-0.39, 0.29) is 16.8 Å². The molecule has 0 saturated carbocycles. The predicted octanol–water partition coefficient (Wildman–Crippen LogP) is 3.71. The smallest absolute Gasteiger partial charge is 0.261 e. The quantitative estimate of drug-likeness (QED) is 0.790. The van der Waals surface area contributed by atoms with Gasteiger partial charge in [0.1, 0.15) is 0 Å². The molecule has 2 aromatic rings. The Labute approximate surface area is 149 Å². The molecule has 0 aromatic heterocycles. The van der Waals surface area contributed by atoms with Gasteiger partial charge in [-0.15, -0.1) is 0 Å². The Morgan fingerprint density at radius 2 is 1.80 bits per heavy atom. The summed E-state index contributed by atoms with van der Waals surface area (Å²) in [5.41, 5.74) is 1.77. The lowest BCUT2D eigenvalue weighted by molar-refractivity contribution is 0.0938. The van der Waals surface area contributed by atoms with E-state index in [0.29, 0.717) is 11.3 Å². The summed E-state index contributed by atoms with van der Waals surface area (Å²) in [5, 5.41) is 2.91.